The lowest BCUT2D eigenvalue weighted by molar-refractivity contribution is 1.41. The minimum Gasteiger partial charge on any atom is -0.398 e. The second-order valence-electron chi connectivity index (χ2n) is 3.16. The fourth-order valence-electron chi connectivity index (χ4n) is 1.22. The van der Waals surface area contributed by atoms with Crippen LogP contribution in [0.2, 0.25) is 0 Å². The van der Waals surface area contributed by atoms with Gasteiger partial charge in [0.05, 0.1) is 0 Å². The molecule has 0 bridgehead atoms. The molecule has 1 aromatic heterocycles. The number of nitrogen functional groups attached to an aromatic ring is 1. The van der Waals surface area contributed by atoms with Gasteiger partial charge in [-0.15, -0.1) is 23.1 Å². The van der Waals surface area contributed by atoms with Crippen molar-refractivity contribution >= 4 is 60.6 Å². The summed E-state index contributed by atoms with van der Waals surface area (Å²) in [5.41, 5.74) is 6.77. The number of hydrogen-bond acceptors (Lipinski definition) is 3. The van der Waals surface area contributed by atoms with E-state index in [1.807, 2.05) is 18.2 Å². The van der Waals surface area contributed by atoms with E-state index in [-0.39, 0.29) is 0 Å². The Balaban J connectivity index is 2.08. The first-order valence-corrected chi connectivity index (χ1v) is 8.01. The third kappa shape index (κ3) is 3.03. The molecule has 0 fully saturated rings. The van der Waals surface area contributed by atoms with Gasteiger partial charge in [0.25, 0.3) is 0 Å². The highest BCUT2D eigenvalue weighted by atomic mass is 79.9. The molecule has 0 amide bonds. The number of thioether (sulfide) groups is 1. The average molecular weight is 379 g/mol. The van der Waals surface area contributed by atoms with E-state index in [1.54, 1.807) is 23.1 Å². The van der Waals surface area contributed by atoms with E-state index >= 15 is 0 Å². The summed E-state index contributed by atoms with van der Waals surface area (Å²) in [5, 5.41) is 2.09. The zero-order chi connectivity index (χ0) is 11.5. The molecule has 16 heavy (non-hydrogen) atoms. The summed E-state index contributed by atoms with van der Waals surface area (Å²) < 4.78 is 2.20. The summed E-state index contributed by atoms with van der Waals surface area (Å²) in [6.07, 6.45) is 0. The van der Waals surface area contributed by atoms with Gasteiger partial charge in [0.15, 0.2) is 0 Å². The molecule has 0 saturated carbocycles. The molecule has 5 heteroatoms. The molecule has 1 aromatic carbocycles. The maximum Gasteiger partial charge on any atom is 0.0463 e. The zero-order valence-electron chi connectivity index (χ0n) is 8.24. The first-order valence-electron chi connectivity index (χ1n) is 4.56. The molecule has 0 unspecified atom stereocenters. The molecule has 0 radical (unpaired) electrons. The Morgan fingerprint density at radius 3 is 2.69 bits per heavy atom. The zero-order valence-corrected chi connectivity index (χ0v) is 13.0. The lowest BCUT2D eigenvalue weighted by atomic mass is 10.3. The fourth-order valence-corrected chi connectivity index (χ4v) is 4.34. The molecule has 2 aromatic rings. The van der Waals surface area contributed by atoms with Crippen molar-refractivity contribution in [3.63, 3.8) is 0 Å². The molecule has 0 aliphatic heterocycles. The van der Waals surface area contributed by atoms with Crippen molar-refractivity contribution in [3.05, 3.63) is 43.5 Å². The number of thiophene rings is 1. The summed E-state index contributed by atoms with van der Waals surface area (Å²) in [5.74, 6) is 0.948. The summed E-state index contributed by atoms with van der Waals surface area (Å²) >= 11 is 10.5. The van der Waals surface area contributed by atoms with E-state index in [0.717, 1.165) is 20.8 Å². The normalized spacial score (nSPS) is 10.6. The van der Waals surface area contributed by atoms with Crippen molar-refractivity contribution < 1.29 is 0 Å². The quantitative estimate of drug-likeness (QED) is 0.590. The molecular weight excluding hydrogens is 370 g/mol. The Morgan fingerprint density at radius 1 is 1.25 bits per heavy atom. The maximum atomic E-state index is 5.94. The van der Waals surface area contributed by atoms with Gasteiger partial charge >= 0.3 is 0 Å². The smallest absolute Gasteiger partial charge is 0.0463 e. The largest absolute Gasteiger partial charge is 0.398 e. The van der Waals surface area contributed by atoms with E-state index < -0.39 is 0 Å². The Bertz CT molecular complexity index is 496. The topological polar surface area (TPSA) is 26.0 Å². The Labute approximate surface area is 120 Å². The molecule has 84 valence electrons. The van der Waals surface area contributed by atoms with Gasteiger partial charge in [0.2, 0.25) is 0 Å². The first-order chi connectivity index (χ1) is 7.66. The summed E-state index contributed by atoms with van der Waals surface area (Å²) in [7, 11) is 0. The van der Waals surface area contributed by atoms with Crippen LogP contribution in [0.3, 0.4) is 0 Å². The number of benzene rings is 1. The molecule has 2 N–H and O–H groups in total. The second kappa shape index (κ2) is 5.58. The Hall–Kier alpha value is 0.0300. The van der Waals surface area contributed by atoms with Gasteiger partial charge < -0.3 is 5.73 Å². The molecule has 1 nitrogen and oxygen atoms in total. The minimum atomic E-state index is 0.826. The average Bonchev–Trinajstić information content (AvgIpc) is 2.63. The fraction of sp³-hybridized carbons (Fsp3) is 0.0909. The van der Waals surface area contributed by atoms with E-state index in [2.05, 4.69) is 43.3 Å². The third-order valence-corrected chi connectivity index (χ3v) is 5.74. The van der Waals surface area contributed by atoms with E-state index in [9.17, 15) is 0 Å². The van der Waals surface area contributed by atoms with Crippen LogP contribution in [0, 0.1) is 0 Å². The van der Waals surface area contributed by atoms with Crippen LogP contribution in [0.1, 0.15) is 4.88 Å². The molecule has 0 aliphatic rings. The number of halogens is 2. The molecule has 1 heterocycles. The van der Waals surface area contributed by atoms with Gasteiger partial charge in [0.1, 0.15) is 0 Å². The molecule has 0 saturated heterocycles. The summed E-state index contributed by atoms with van der Waals surface area (Å²) in [6, 6.07) is 8.07. The van der Waals surface area contributed by atoms with Crippen LogP contribution < -0.4 is 5.73 Å². The third-order valence-electron chi connectivity index (χ3n) is 2.02. The van der Waals surface area contributed by atoms with E-state index in [0.29, 0.717) is 0 Å². The van der Waals surface area contributed by atoms with Crippen LogP contribution in [0.5, 0.6) is 0 Å². The molecule has 2 rings (SSSR count). The standard InChI is InChI=1S/C11H9Br2NS2/c12-7-1-2-10(9(14)5-7)16-6-11-8(13)3-4-15-11/h1-5H,6,14H2. The first kappa shape index (κ1) is 12.5. The van der Waals surface area contributed by atoms with Gasteiger partial charge in [-0.1, -0.05) is 15.9 Å². The van der Waals surface area contributed by atoms with Crippen LogP contribution >= 0.6 is 55.0 Å². The monoisotopic (exact) mass is 377 g/mol. The highest BCUT2D eigenvalue weighted by Gasteiger charge is 2.05. The number of rotatable bonds is 3. The molecule has 0 aliphatic carbocycles. The number of anilines is 1. The number of nitrogens with two attached hydrogens (primary N) is 1. The van der Waals surface area contributed by atoms with Gasteiger partial charge in [-0.25, -0.2) is 0 Å². The van der Waals surface area contributed by atoms with Crippen molar-refractivity contribution in [2.75, 3.05) is 5.73 Å². The van der Waals surface area contributed by atoms with Crippen molar-refractivity contribution in [1.29, 1.82) is 0 Å². The van der Waals surface area contributed by atoms with E-state index in [4.69, 9.17) is 5.73 Å². The van der Waals surface area contributed by atoms with Gasteiger partial charge in [-0.05, 0) is 45.6 Å². The summed E-state index contributed by atoms with van der Waals surface area (Å²) in [4.78, 5) is 2.47. The predicted molar refractivity (Wildman–Crippen MR) is 80.1 cm³/mol. The molecule has 0 spiro atoms. The Morgan fingerprint density at radius 2 is 2.06 bits per heavy atom. The van der Waals surface area contributed by atoms with Crippen molar-refractivity contribution in [2.45, 2.75) is 10.6 Å². The van der Waals surface area contributed by atoms with Crippen LogP contribution in [-0.4, -0.2) is 0 Å². The van der Waals surface area contributed by atoms with E-state index in [1.165, 1.54) is 9.35 Å². The second-order valence-corrected chi connectivity index (χ2v) is 6.95. The maximum absolute atomic E-state index is 5.94. The highest BCUT2D eigenvalue weighted by Crippen LogP contribution is 2.34. The highest BCUT2D eigenvalue weighted by molar-refractivity contribution is 9.10. The minimum absolute atomic E-state index is 0.826. The van der Waals surface area contributed by atoms with Crippen LogP contribution in [0.25, 0.3) is 0 Å². The van der Waals surface area contributed by atoms with Crippen LogP contribution in [0.4, 0.5) is 5.69 Å². The lowest BCUT2D eigenvalue weighted by Gasteiger charge is -2.05. The van der Waals surface area contributed by atoms with Gasteiger partial charge in [0, 0.05) is 30.2 Å². The van der Waals surface area contributed by atoms with Crippen molar-refractivity contribution in [2.24, 2.45) is 0 Å². The SMILES string of the molecule is Nc1cc(Br)ccc1SCc1sccc1Br. The lowest BCUT2D eigenvalue weighted by Crippen LogP contribution is -1.88. The number of hydrogen-bond donors (Lipinski definition) is 1. The van der Waals surface area contributed by atoms with Crippen molar-refractivity contribution in [1.82, 2.24) is 0 Å². The predicted octanol–water partition coefficient (Wildman–Crippen LogP) is 5.15. The Kier molecular flexibility index (Phi) is 4.35. The summed E-state index contributed by atoms with van der Waals surface area (Å²) in [6.45, 7) is 0. The van der Waals surface area contributed by atoms with Crippen LogP contribution in [0.15, 0.2) is 43.5 Å². The van der Waals surface area contributed by atoms with Gasteiger partial charge in [-0.3, -0.25) is 0 Å². The van der Waals surface area contributed by atoms with Gasteiger partial charge in [-0.2, -0.15) is 0 Å². The molecule has 0 atom stereocenters. The van der Waals surface area contributed by atoms with Crippen LogP contribution in [-0.2, 0) is 5.75 Å². The molecular formula is C11H9Br2NS2. The van der Waals surface area contributed by atoms with Crippen molar-refractivity contribution in [3.8, 4) is 0 Å².